The van der Waals surface area contributed by atoms with Crippen molar-refractivity contribution in [1.29, 1.82) is 0 Å². The number of hydrogen-bond acceptors (Lipinski definition) is 6. The molecule has 160 valence electrons. The number of carbonyl (C=O) groups is 1. The molecule has 0 saturated carbocycles. The summed E-state index contributed by atoms with van der Waals surface area (Å²) in [6, 6.07) is 16.3. The Labute approximate surface area is 178 Å². The van der Waals surface area contributed by atoms with Crippen LogP contribution in [0.3, 0.4) is 0 Å². The Kier molecular flexibility index (Phi) is 6.21. The van der Waals surface area contributed by atoms with Crippen LogP contribution < -0.4 is 14.8 Å². The van der Waals surface area contributed by atoms with Crippen LogP contribution in [0.15, 0.2) is 71.6 Å². The van der Waals surface area contributed by atoms with Crippen molar-refractivity contribution in [3.05, 3.63) is 88.0 Å². The van der Waals surface area contributed by atoms with Crippen LogP contribution in [0.25, 0.3) is 0 Å². The Morgan fingerprint density at radius 1 is 1.00 bits per heavy atom. The molecule has 10 heteroatoms. The van der Waals surface area contributed by atoms with Gasteiger partial charge in [0.25, 0.3) is 21.6 Å². The van der Waals surface area contributed by atoms with Gasteiger partial charge in [0.1, 0.15) is 5.75 Å². The number of nitrogens with one attached hydrogen (secondary N) is 2. The van der Waals surface area contributed by atoms with Gasteiger partial charge in [-0.1, -0.05) is 24.3 Å². The van der Waals surface area contributed by atoms with Gasteiger partial charge in [0.05, 0.1) is 28.3 Å². The normalized spacial score (nSPS) is 10.9. The largest absolute Gasteiger partial charge is 0.495 e. The topological polar surface area (TPSA) is 128 Å². The molecule has 31 heavy (non-hydrogen) atoms. The minimum absolute atomic E-state index is 0.0832. The zero-order chi connectivity index (χ0) is 22.6. The molecule has 0 aliphatic carbocycles. The van der Waals surface area contributed by atoms with E-state index in [9.17, 15) is 23.3 Å². The zero-order valence-corrected chi connectivity index (χ0v) is 17.5. The van der Waals surface area contributed by atoms with Crippen LogP contribution in [0.1, 0.15) is 15.9 Å². The molecule has 0 saturated heterocycles. The first-order valence-electron chi connectivity index (χ1n) is 9.03. The van der Waals surface area contributed by atoms with Crippen LogP contribution in [0.4, 0.5) is 17.1 Å². The molecule has 0 heterocycles. The molecule has 3 aromatic carbocycles. The van der Waals surface area contributed by atoms with Crippen molar-refractivity contribution in [3.63, 3.8) is 0 Å². The van der Waals surface area contributed by atoms with E-state index in [1.165, 1.54) is 37.4 Å². The van der Waals surface area contributed by atoms with Crippen molar-refractivity contribution in [2.75, 3.05) is 17.1 Å². The van der Waals surface area contributed by atoms with Gasteiger partial charge < -0.3 is 10.1 Å². The molecule has 1 amide bonds. The molecular weight excluding hydrogens is 422 g/mol. The molecule has 0 spiro atoms. The number of nitrogens with zero attached hydrogens (tertiary/aromatic N) is 1. The monoisotopic (exact) mass is 441 g/mol. The lowest BCUT2D eigenvalue weighted by Gasteiger charge is -2.14. The van der Waals surface area contributed by atoms with Crippen molar-refractivity contribution in [3.8, 4) is 5.75 Å². The highest BCUT2D eigenvalue weighted by molar-refractivity contribution is 7.92. The molecule has 0 radical (unpaired) electrons. The van der Waals surface area contributed by atoms with Gasteiger partial charge >= 0.3 is 0 Å². The van der Waals surface area contributed by atoms with Gasteiger partial charge in [-0.15, -0.1) is 0 Å². The molecule has 0 atom stereocenters. The van der Waals surface area contributed by atoms with E-state index in [-0.39, 0.29) is 27.7 Å². The van der Waals surface area contributed by atoms with Crippen LogP contribution in [0, 0.1) is 17.0 Å². The maximum atomic E-state index is 12.9. The molecule has 0 aliphatic heterocycles. The summed E-state index contributed by atoms with van der Waals surface area (Å²) < 4.78 is 33.4. The molecule has 2 N–H and O–H groups in total. The summed E-state index contributed by atoms with van der Waals surface area (Å²) in [4.78, 5) is 22.7. The molecule has 0 fully saturated rings. The van der Waals surface area contributed by atoms with Gasteiger partial charge in [-0.05, 0) is 42.8 Å². The van der Waals surface area contributed by atoms with E-state index in [0.717, 1.165) is 6.07 Å². The molecule has 9 nitrogen and oxygen atoms in total. The lowest BCUT2D eigenvalue weighted by molar-refractivity contribution is -0.384. The summed E-state index contributed by atoms with van der Waals surface area (Å²) >= 11 is 0. The highest BCUT2D eigenvalue weighted by Crippen LogP contribution is 2.30. The van der Waals surface area contributed by atoms with E-state index < -0.39 is 20.9 Å². The van der Waals surface area contributed by atoms with Gasteiger partial charge in [0, 0.05) is 17.7 Å². The summed E-state index contributed by atoms with van der Waals surface area (Å²) in [7, 11) is -2.71. The molecule has 0 unspecified atom stereocenters. The zero-order valence-electron chi connectivity index (χ0n) is 16.7. The third-order valence-electron chi connectivity index (χ3n) is 4.44. The minimum atomic E-state index is -4.11. The number of amides is 1. The fraction of sp³-hybridized carbons (Fsp3) is 0.0952. The Bertz CT molecular complexity index is 1240. The Morgan fingerprint density at radius 2 is 1.71 bits per heavy atom. The van der Waals surface area contributed by atoms with Crippen molar-refractivity contribution in [1.82, 2.24) is 0 Å². The predicted molar refractivity (Wildman–Crippen MR) is 116 cm³/mol. The average molecular weight is 441 g/mol. The third-order valence-corrected chi connectivity index (χ3v) is 5.80. The second-order valence-electron chi connectivity index (χ2n) is 6.54. The number of aryl methyl sites for hydroxylation is 1. The van der Waals surface area contributed by atoms with Gasteiger partial charge in [-0.25, -0.2) is 8.42 Å². The third kappa shape index (κ3) is 4.98. The average Bonchev–Trinajstić information content (AvgIpc) is 2.75. The Balaban J connectivity index is 1.93. The number of nitro groups is 1. The standard InChI is InChI=1S/C21H19N3O6S/c1-14-8-9-16(24(26)27)12-18(14)23-31(28,29)17-10-11-20(30-2)19(13-17)22-21(25)15-6-4-3-5-7-15/h3-13,23H,1-2H3,(H,22,25). The van der Waals surface area contributed by atoms with E-state index in [4.69, 9.17) is 4.74 Å². The van der Waals surface area contributed by atoms with Crippen molar-refractivity contribution in [2.45, 2.75) is 11.8 Å². The number of rotatable bonds is 7. The maximum Gasteiger partial charge on any atom is 0.271 e. The smallest absolute Gasteiger partial charge is 0.271 e. The molecule has 0 aliphatic rings. The number of sulfonamides is 1. The van der Waals surface area contributed by atoms with Gasteiger partial charge in [0.2, 0.25) is 0 Å². The van der Waals surface area contributed by atoms with E-state index >= 15 is 0 Å². The van der Waals surface area contributed by atoms with Crippen LogP contribution in [0.2, 0.25) is 0 Å². The predicted octanol–water partition coefficient (Wildman–Crippen LogP) is 3.96. The summed E-state index contributed by atoms with van der Waals surface area (Å²) in [5.41, 5.74) is 0.909. The fourth-order valence-electron chi connectivity index (χ4n) is 2.77. The molecule has 3 rings (SSSR count). The first-order chi connectivity index (χ1) is 14.7. The number of methoxy groups -OCH3 is 1. The van der Waals surface area contributed by atoms with E-state index in [1.54, 1.807) is 37.3 Å². The Hall–Kier alpha value is -3.92. The number of carbonyl (C=O) groups excluding carboxylic acids is 1. The Morgan fingerprint density at radius 3 is 2.35 bits per heavy atom. The van der Waals surface area contributed by atoms with Crippen LogP contribution >= 0.6 is 0 Å². The number of anilines is 2. The second-order valence-corrected chi connectivity index (χ2v) is 8.23. The van der Waals surface area contributed by atoms with Crippen LogP contribution in [-0.4, -0.2) is 26.4 Å². The molecule has 0 aromatic heterocycles. The first-order valence-corrected chi connectivity index (χ1v) is 10.5. The van der Waals surface area contributed by atoms with Gasteiger partial charge in [-0.3, -0.25) is 19.6 Å². The van der Waals surface area contributed by atoms with E-state index in [2.05, 4.69) is 10.0 Å². The molecular formula is C21H19N3O6S. The quantitative estimate of drug-likeness (QED) is 0.422. The number of non-ortho nitro benzene ring substituents is 1. The SMILES string of the molecule is COc1ccc(S(=O)(=O)Nc2cc([N+](=O)[O-])ccc2C)cc1NC(=O)c1ccccc1. The summed E-state index contributed by atoms with van der Waals surface area (Å²) in [5.74, 6) is -0.161. The van der Waals surface area contributed by atoms with E-state index in [1.807, 2.05) is 0 Å². The van der Waals surface area contributed by atoms with Crippen molar-refractivity contribution < 1.29 is 22.9 Å². The van der Waals surface area contributed by atoms with Crippen LogP contribution in [0.5, 0.6) is 5.75 Å². The maximum absolute atomic E-state index is 12.9. The highest BCUT2D eigenvalue weighted by Gasteiger charge is 2.20. The number of nitro benzene ring substituents is 1. The lowest BCUT2D eigenvalue weighted by Crippen LogP contribution is -2.16. The number of benzene rings is 3. The minimum Gasteiger partial charge on any atom is -0.495 e. The van der Waals surface area contributed by atoms with Crippen molar-refractivity contribution >= 4 is 33.0 Å². The number of hydrogen-bond donors (Lipinski definition) is 2. The van der Waals surface area contributed by atoms with Gasteiger partial charge in [0.15, 0.2) is 0 Å². The van der Waals surface area contributed by atoms with Crippen molar-refractivity contribution in [2.24, 2.45) is 0 Å². The summed E-state index contributed by atoms with van der Waals surface area (Å²) in [6.07, 6.45) is 0. The first kappa shape index (κ1) is 21.8. The van der Waals surface area contributed by atoms with E-state index in [0.29, 0.717) is 11.1 Å². The molecule has 3 aromatic rings. The lowest BCUT2D eigenvalue weighted by atomic mass is 10.2. The summed E-state index contributed by atoms with van der Waals surface area (Å²) in [6.45, 7) is 1.63. The fourth-order valence-corrected chi connectivity index (χ4v) is 3.92. The van der Waals surface area contributed by atoms with Gasteiger partial charge in [-0.2, -0.15) is 0 Å². The molecule has 0 bridgehead atoms. The van der Waals surface area contributed by atoms with Crippen LogP contribution in [-0.2, 0) is 10.0 Å². The highest BCUT2D eigenvalue weighted by atomic mass is 32.2. The number of ether oxygens (including phenoxy) is 1. The summed E-state index contributed by atoms with van der Waals surface area (Å²) in [5, 5.41) is 13.7. The second kappa shape index (κ2) is 8.84.